The van der Waals surface area contributed by atoms with Crippen LogP contribution in [0.15, 0.2) is 65.6 Å². The number of fused-ring (bicyclic) bond motifs is 3. The first kappa shape index (κ1) is 30.9. The van der Waals surface area contributed by atoms with E-state index in [2.05, 4.69) is 4.90 Å². The van der Waals surface area contributed by atoms with Crippen molar-refractivity contribution in [3.05, 3.63) is 87.9 Å². The number of piperazine rings is 1. The van der Waals surface area contributed by atoms with E-state index in [4.69, 9.17) is 16.3 Å². The van der Waals surface area contributed by atoms with Crippen LogP contribution >= 0.6 is 11.6 Å². The highest BCUT2D eigenvalue weighted by atomic mass is 35.5. The molecule has 2 heterocycles. The number of carbonyl (C=O) groups is 1. The lowest BCUT2D eigenvalue weighted by Crippen LogP contribution is -2.61. The molecule has 43 heavy (non-hydrogen) atoms. The van der Waals surface area contributed by atoms with Gasteiger partial charge in [0.05, 0.1) is 47.6 Å². The zero-order chi connectivity index (χ0) is 30.9. The van der Waals surface area contributed by atoms with Gasteiger partial charge in [0.15, 0.2) is 0 Å². The van der Waals surface area contributed by atoms with Gasteiger partial charge in [-0.2, -0.15) is 13.2 Å². The molecule has 0 radical (unpaired) electrons. The monoisotopic (exact) mass is 633 g/mol. The van der Waals surface area contributed by atoms with Crippen molar-refractivity contribution in [3.8, 4) is 0 Å². The Kier molecular flexibility index (Phi) is 8.78. The summed E-state index contributed by atoms with van der Waals surface area (Å²) in [5.74, 6) is -0.333. The van der Waals surface area contributed by atoms with Crippen molar-refractivity contribution in [2.24, 2.45) is 0 Å². The Morgan fingerprint density at radius 1 is 1.02 bits per heavy atom. The van der Waals surface area contributed by atoms with Gasteiger partial charge in [-0.25, -0.2) is 8.42 Å². The Hall–Kier alpha value is -3.54. The number of benzene rings is 3. The van der Waals surface area contributed by atoms with Gasteiger partial charge in [-0.15, -0.1) is 0 Å². The Balaban J connectivity index is 1.54. The Labute approximate surface area is 254 Å². The molecule has 228 valence electrons. The molecule has 0 unspecified atom stereocenters. The number of rotatable bonds is 7. The van der Waals surface area contributed by atoms with Crippen LogP contribution in [-0.4, -0.2) is 64.7 Å². The summed E-state index contributed by atoms with van der Waals surface area (Å²) in [4.78, 5) is 16.4. The van der Waals surface area contributed by atoms with Gasteiger partial charge in [0.2, 0.25) is 0 Å². The van der Waals surface area contributed by atoms with Crippen LogP contribution in [0.25, 0.3) is 12.2 Å². The molecule has 2 aliphatic rings. The maximum atomic E-state index is 14.1. The predicted molar refractivity (Wildman–Crippen MR) is 162 cm³/mol. The van der Waals surface area contributed by atoms with Gasteiger partial charge in [-0.05, 0) is 61.4 Å². The standard InChI is InChI=1S/C31H31ClF3N3O4S/c1-3-42-30(39)20-36-14-15-37-23(18-36)19-38(43(40,41)24-7-4-6-21(2)16-24)29-17-22(11-13-28(29)37)10-12-25-26(31(33,34)35)8-5-9-27(25)32/h4-13,16-17,23H,3,14-15,18-20H2,1-2H3/b12-10+/t23-/m0/s1. The van der Waals surface area contributed by atoms with E-state index in [9.17, 15) is 26.4 Å². The summed E-state index contributed by atoms with van der Waals surface area (Å²) in [7, 11) is -4.01. The van der Waals surface area contributed by atoms with Crippen molar-refractivity contribution in [3.63, 3.8) is 0 Å². The topological polar surface area (TPSA) is 70.2 Å². The molecular formula is C31H31ClF3N3O4S. The van der Waals surface area contributed by atoms with Gasteiger partial charge < -0.3 is 9.64 Å². The highest BCUT2D eigenvalue weighted by Gasteiger charge is 2.40. The summed E-state index contributed by atoms with van der Waals surface area (Å²) in [6.45, 7) is 5.66. The molecule has 12 heteroatoms. The number of hydrogen-bond acceptors (Lipinski definition) is 6. The fourth-order valence-electron chi connectivity index (χ4n) is 5.57. The van der Waals surface area contributed by atoms with E-state index < -0.39 is 21.8 Å². The van der Waals surface area contributed by atoms with Gasteiger partial charge in [-0.1, -0.05) is 48.0 Å². The minimum absolute atomic E-state index is 0.0452. The third kappa shape index (κ3) is 6.53. The highest BCUT2D eigenvalue weighted by molar-refractivity contribution is 7.92. The van der Waals surface area contributed by atoms with Crippen LogP contribution in [0.5, 0.6) is 0 Å². The highest BCUT2D eigenvalue weighted by Crippen LogP contribution is 2.41. The number of halogens is 4. The van der Waals surface area contributed by atoms with Crippen LogP contribution < -0.4 is 9.21 Å². The third-order valence-corrected chi connectivity index (χ3v) is 9.66. The second kappa shape index (κ2) is 12.2. The zero-order valence-corrected chi connectivity index (χ0v) is 25.2. The molecule has 2 aliphatic heterocycles. The van der Waals surface area contributed by atoms with Crippen molar-refractivity contribution >= 4 is 51.1 Å². The first-order valence-corrected chi connectivity index (χ1v) is 15.6. The van der Waals surface area contributed by atoms with Crippen LogP contribution in [-0.2, 0) is 25.7 Å². The fraction of sp³-hybridized carbons (Fsp3) is 0.323. The molecule has 1 atom stereocenters. The van der Waals surface area contributed by atoms with E-state index >= 15 is 0 Å². The summed E-state index contributed by atoms with van der Waals surface area (Å²) < 4.78 is 75.5. The van der Waals surface area contributed by atoms with E-state index in [1.807, 2.05) is 17.9 Å². The van der Waals surface area contributed by atoms with Gasteiger partial charge in [0.1, 0.15) is 0 Å². The van der Waals surface area contributed by atoms with E-state index in [1.165, 1.54) is 28.6 Å². The van der Waals surface area contributed by atoms with E-state index in [-0.39, 0.29) is 47.2 Å². The molecule has 0 bridgehead atoms. The largest absolute Gasteiger partial charge is 0.465 e. The summed E-state index contributed by atoms with van der Waals surface area (Å²) in [6, 6.07) is 15.2. The maximum absolute atomic E-state index is 14.1. The van der Waals surface area contributed by atoms with Crippen molar-refractivity contribution in [1.29, 1.82) is 0 Å². The van der Waals surface area contributed by atoms with Gasteiger partial charge in [0.25, 0.3) is 10.0 Å². The number of nitrogens with zero attached hydrogens (tertiary/aromatic N) is 3. The maximum Gasteiger partial charge on any atom is 0.417 e. The number of anilines is 2. The van der Waals surface area contributed by atoms with Crippen LogP contribution in [0, 0.1) is 6.92 Å². The third-order valence-electron chi connectivity index (χ3n) is 7.56. The molecule has 1 fully saturated rings. The van der Waals surface area contributed by atoms with E-state index in [0.29, 0.717) is 36.6 Å². The lowest BCUT2D eigenvalue weighted by molar-refractivity contribution is -0.144. The quantitative estimate of drug-likeness (QED) is 0.231. The molecular weight excluding hydrogens is 603 g/mol. The summed E-state index contributed by atoms with van der Waals surface area (Å²) in [6.07, 6.45) is -1.80. The number of aryl methyl sites for hydroxylation is 1. The molecule has 1 saturated heterocycles. The first-order valence-electron chi connectivity index (χ1n) is 13.8. The number of ether oxygens (including phenoxy) is 1. The Morgan fingerprint density at radius 2 is 1.79 bits per heavy atom. The molecule has 7 nitrogen and oxygen atoms in total. The average Bonchev–Trinajstić information content (AvgIpc) is 2.95. The van der Waals surface area contributed by atoms with Crippen LogP contribution in [0.1, 0.15) is 29.2 Å². The molecule has 0 amide bonds. The zero-order valence-electron chi connectivity index (χ0n) is 23.6. The van der Waals surface area contributed by atoms with Crippen molar-refractivity contribution in [1.82, 2.24) is 4.90 Å². The minimum Gasteiger partial charge on any atom is -0.465 e. The van der Waals surface area contributed by atoms with Crippen LogP contribution in [0.4, 0.5) is 24.5 Å². The number of alkyl halides is 3. The molecule has 0 spiro atoms. The van der Waals surface area contributed by atoms with Crippen molar-refractivity contribution in [2.75, 3.05) is 48.5 Å². The Bertz CT molecular complexity index is 1660. The van der Waals surface area contributed by atoms with Crippen LogP contribution in [0.3, 0.4) is 0 Å². The summed E-state index contributed by atoms with van der Waals surface area (Å²) >= 11 is 6.14. The lowest BCUT2D eigenvalue weighted by atomic mass is 10.0. The Morgan fingerprint density at radius 3 is 2.51 bits per heavy atom. The molecule has 0 N–H and O–H groups in total. The normalized spacial score (nSPS) is 17.6. The molecule has 0 aromatic heterocycles. The number of sulfonamides is 1. The summed E-state index contributed by atoms with van der Waals surface area (Å²) in [5, 5.41) is -0.0452. The van der Waals surface area contributed by atoms with E-state index in [1.54, 1.807) is 43.3 Å². The van der Waals surface area contributed by atoms with Crippen molar-refractivity contribution in [2.45, 2.75) is 31.0 Å². The van der Waals surface area contributed by atoms with E-state index in [0.717, 1.165) is 11.6 Å². The molecule has 5 rings (SSSR count). The van der Waals surface area contributed by atoms with Crippen LogP contribution in [0.2, 0.25) is 5.02 Å². The van der Waals surface area contributed by atoms with Gasteiger partial charge >= 0.3 is 12.1 Å². The lowest BCUT2D eigenvalue weighted by Gasteiger charge is -2.49. The molecule has 0 aliphatic carbocycles. The molecule has 3 aromatic rings. The fourth-order valence-corrected chi connectivity index (χ4v) is 7.42. The summed E-state index contributed by atoms with van der Waals surface area (Å²) in [5.41, 5.74) is 1.38. The smallest absolute Gasteiger partial charge is 0.417 e. The molecule has 0 saturated carbocycles. The number of carbonyl (C=O) groups excluding carboxylic acids is 1. The first-order chi connectivity index (χ1) is 20.4. The number of esters is 1. The molecule has 3 aromatic carbocycles. The van der Waals surface area contributed by atoms with Gasteiger partial charge in [-0.3, -0.25) is 14.0 Å². The number of hydrogen-bond donors (Lipinski definition) is 0. The second-order valence-corrected chi connectivity index (χ2v) is 12.8. The predicted octanol–water partition coefficient (Wildman–Crippen LogP) is 6.10. The SMILES string of the molecule is CCOC(=O)CN1CCN2c3ccc(/C=C/c4c(Cl)cccc4C(F)(F)F)cc3N(S(=O)(=O)c3cccc(C)c3)C[C@@H]2C1. The van der Waals surface area contributed by atoms with Crippen molar-refractivity contribution < 1.29 is 31.1 Å². The second-order valence-electron chi connectivity index (χ2n) is 10.5. The minimum atomic E-state index is -4.59. The van der Waals surface area contributed by atoms with Gasteiger partial charge in [0, 0.05) is 30.2 Å². The average molecular weight is 634 g/mol.